The third kappa shape index (κ3) is 2.16. The van der Waals surface area contributed by atoms with Gasteiger partial charge in [0.2, 0.25) is 0 Å². The van der Waals surface area contributed by atoms with Crippen LogP contribution in [0.25, 0.3) is 0 Å². The molecule has 3 N–H and O–H groups in total. The molecule has 1 heterocycles. The molecule has 0 bridgehead atoms. The SMILES string of the molecule is C[C@]1(CS(=O)(=O)O)NC(=O)NC1=O. The van der Waals surface area contributed by atoms with Crippen LogP contribution in [-0.4, -0.2) is 36.2 Å². The Balaban J connectivity index is 2.90. The lowest BCUT2D eigenvalue weighted by atomic mass is 10.1. The first-order chi connectivity index (χ1) is 5.73. The summed E-state index contributed by atoms with van der Waals surface area (Å²) in [5, 5.41) is 3.96. The molecule has 0 radical (unpaired) electrons. The third-order valence-corrected chi connectivity index (χ3v) is 2.53. The molecule has 8 heteroatoms. The molecule has 13 heavy (non-hydrogen) atoms. The van der Waals surface area contributed by atoms with Gasteiger partial charge in [-0.2, -0.15) is 8.42 Å². The zero-order valence-corrected chi connectivity index (χ0v) is 7.51. The quantitative estimate of drug-likeness (QED) is 0.376. The highest BCUT2D eigenvalue weighted by Crippen LogP contribution is 2.11. The van der Waals surface area contributed by atoms with Crippen molar-refractivity contribution in [3.8, 4) is 0 Å². The normalized spacial score (nSPS) is 28.5. The van der Waals surface area contributed by atoms with Crippen LogP contribution in [0.4, 0.5) is 4.79 Å². The van der Waals surface area contributed by atoms with Crippen LogP contribution in [0.1, 0.15) is 6.92 Å². The highest BCUT2D eigenvalue weighted by Gasteiger charge is 2.44. The molecule has 0 saturated carbocycles. The van der Waals surface area contributed by atoms with Crippen LogP contribution < -0.4 is 10.6 Å². The van der Waals surface area contributed by atoms with E-state index in [0.717, 1.165) is 0 Å². The standard InChI is InChI=1S/C5H8N2O5S/c1-5(2-13(10,11)12)3(8)6-4(9)7-5/h2H2,1H3,(H,10,11,12)(H2,6,7,8,9)/t5-/m1/s1. The number of imide groups is 1. The molecule has 0 aromatic heterocycles. The van der Waals surface area contributed by atoms with Gasteiger partial charge in [-0.15, -0.1) is 0 Å². The monoisotopic (exact) mass is 208 g/mol. The molecule has 1 aliphatic rings. The summed E-state index contributed by atoms with van der Waals surface area (Å²) in [7, 11) is -4.30. The lowest BCUT2D eigenvalue weighted by molar-refractivity contribution is -0.122. The zero-order valence-electron chi connectivity index (χ0n) is 6.70. The fourth-order valence-electron chi connectivity index (χ4n) is 1.05. The number of hydrogen-bond acceptors (Lipinski definition) is 4. The predicted molar refractivity (Wildman–Crippen MR) is 41.5 cm³/mol. The maximum absolute atomic E-state index is 11.0. The van der Waals surface area contributed by atoms with Gasteiger partial charge in [0.1, 0.15) is 11.3 Å². The van der Waals surface area contributed by atoms with E-state index in [0.29, 0.717) is 0 Å². The van der Waals surface area contributed by atoms with Crippen molar-refractivity contribution in [1.82, 2.24) is 10.6 Å². The van der Waals surface area contributed by atoms with E-state index < -0.39 is 33.3 Å². The third-order valence-electron chi connectivity index (χ3n) is 1.59. The minimum Gasteiger partial charge on any atom is -0.322 e. The van der Waals surface area contributed by atoms with Crippen LogP contribution in [0, 0.1) is 0 Å². The molecular formula is C5H8N2O5S. The van der Waals surface area contributed by atoms with Crippen LogP contribution in [0.2, 0.25) is 0 Å². The molecule has 1 saturated heterocycles. The maximum atomic E-state index is 11.0. The van der Waals surface area contributed by atoms with E-state index in [1.165, 1.54) is 6.92 Å². The van der Waals surface area contributed by atoms with Crippen LogP contribution >= 0.6 is 0 Å². The molecule has 0 unspecified atom stereocenters. The van der Waals surface area contributed by atoms with E-state index >= 15 is 0 Å². The number of hydrogen-bond donors (Lipinski definition) is 3. The number of nitrogens with one attached hydrogen (secondary N) is 2. The van der Waals surface area contributed by atoms with Crippen molar-refractivity contribution in [2.24, 2.45) is 0 Å². The van der Waals surface area contributed by atoms with Crippen LogP contribution in [0.3, 0.4) is 0 Å². The Hall–Kier alpha value is -1.15. The lowest BCUT2D eigenvalue weighted by Crippen LogP contribution is -2.49. The first-order valence-corrected chi connectivity index (χ1v) is 4.93. The average molecular weight is 208 g/mol. The Labute approximate surface area is 74.2 Å². The number of carbonyl (C=O) groups is 2. The van der Waals surface area contributed by atoms with Gasteiger partial charge in [0.05, 0.1) is 0 Å². The van der Waals surface area contributed by atoms with E-state index in [9.17, 15) is 18.0 Å². The topological polar surface area (TPSA) is 113 Å². The molecule has 3 amide bonds. The number of rotatable bonds is 2. The summed E-state index contributed by atoms with van der Waals surface area (Å²) in [5.74, 6) is -1.60. The Morgan fingerprint density at radius 3 is 2.31 bits per heavy atom. The van der Waals surface area contributed by atoms with Gasteiger partial charge in [0.15, 0.2) is 0 Å². The van der Waals surface area contributed by atoms with Crippen molar-refractivity contribution in [2.45, 2.75) is 12.5 Å². The molecule has 74 valence electrons. The summed E-state index contributed by atoms with van der Waals surface area (Å²) in [5.41, 5.74) is -1.58. The van der Waals surface area contributed by atoms with Gasteiger partial charge in [0, 0.05) is 0 Å². The Morgan fingerprint density at radius 2 is 2.00 bits per heavy atom. The van der Waals surface area contributed by atoms with E-state index in [2.05, 4.69) is 5.32 Å². The molecule has 0 aromatic carbocycles. The lowest BCUT2D eigenvalue weighted by Gasteiger charge is -2.17. The van der Waals surface area contributed by atoms with E-state index in [1.807, 2.05) is 5.32 Å². The van der Waals surface area contributed by atoms with Gasteiger partial charge in [-0.05, 0) is 6.92 Å². The van der Waals surface area contributed by atoms with Gasteiger partial charge in [-0.3, -0.25) is 14.7 Å². The van der Waals surface area contributed by atoms with E-state index in [1.54, 1.807) is 0 Å². The number of carbonyl (C=O) groups excluding carboxylic acids is 2. The highest BCUT2D eigenvalue weighted by atomic mass is 32.2. The van der Waals surface area contributed by atoms with Gasteiger partial charge in [-0.1, -0.05) is 0 Å². The first kappa shape index (κ1) is 9.93. The summed E-state index contributed by atoms with van der Waals surface area (Å²) < 4.78 is 29.4. The van der Waals surface area contributed by atoms with Crippen molar-refractivity contribution in [3.63, 3.8) is 0 Å². The maximum Gasteiger partial charge on any atom is 0.322 e. The van der Waals surface area contributed by atoms with Crippen molar-refractivity contribution in [3.05, 3.63) is 0 Å². The molecule has 7 nitrogen and oxygen atoms in total. The molecule has 1 fully saturated rings. The second-order valence-corrected chi connectivity index (χ2v) is 4.42. The fraction of sp³-hybridized carbons (Fsp3) is 0.600. The minimum atomic E-state index is -4.30. The smallest absolute Gasteiger partial charge is 0.322 e. The van der Waals surface area contributed by atoms with E-state index in [4.69, 9.17) is 4.55 Å². The molecule has 1 aliphatic heterocycles. The van der Waals surface area contributed by atoms with Crippen molar-refractivity contribution < 1.29 is 22.6 Å². The summed E-state index contributed by atoms with van der Waals surface area (Å²) in [6, 6.07) is -0.767. The molecule has 0 spiro atoms. The predicted octanol–water partition coefficient (Wildman–Crippen LogP) is -1.53. The highest BCUT2D eigenvalue weighted by molar-refractivity contribution is 7.85. The number of urea groups is 1. The summed E-state index contributed by atoms with van der Waals surface area (Å²) in [6.07, 6.45) is 0. The molecule has 0 aliphatic carbocycles. The summed E-state index contributed by atoms with van der Waals surface area (Å²) >= 11 is 0. The summed E-state index contributed by atoms with van der Waals surface area (Å²) in [6.45, 7) is 1.21. The Morgan fingerprint density at radius 1 is 1.46 bits per heavy atom. The molecule has 1 rings (SSSR count). The molecule has 0 aromatic rings. The van der Waals surface area contributed by atoms with Crippen molar-refractivity contribution in [1.29, 1.82) is 0 Å². The second-order valence-electron chi connectivity index (χ2n) is 2.97. The Kier molecular flexibility index (Phi) is 2.04. The van der Waals surface area contributed by atoms with Gasteiger partial charge in [-0.25, -0.2) is 4.79 Å². The van der Waals surface area contributed by atoms with Crippen molar-refractivity contribution >= 4 is 22.1 Å². The number of amides is 3. The van der Waals surface area contributed by atoms with Gasteiger partial charge >= 0.3 is 6.03 Å². The van der Waals surface area contributed by atoms with Gasteiger partial charge in [0.25, 0.3) is 16.0 Å². The Bertz CT molecular complexity index is 361. The van der Waals surface area contributed by atoms with Crippen LogP contribution in [0.5, 0.6) is 0 Å². The van der Waals surface area contributed by atoms with Crippen molar-refractivity contribution in [2.75, 3.05) is 5.75 Å². The van der Waals surface area contributed by atoms with Crippen LogP contribution in [-0.2, 0) is 14.9 Å². The first-order valence-electron chi connectivity index (χ1n) is 3.32. The largest absolute Gasteiger partial charge is 0.322 e. The van der Waals surface area contributed by atoms with Gasteiger partial charge < -0.3 is 5.32 Å². The minimum absolute atomic E-state index is 0.767. The van der Waals surface area contributed by atoms with Crippen LogP contribution in [0.15, 0.2) is 0 Å². The zero-order chi connectivity index (χ0) is 10.3. The van der Waals surface area contributed by atoms with E-state index in [-0.39, 0.29) is 0 Å². The fourth-order valence-corrected chi connectivity index (χ4v) is 1.98. The summed E-state index contributed by atoms with van der Waals surface area (Å²) in [4.78, 5) is 21.6. The molecular weight excluding hydrogens is 200 g/mol. The second kappa shape index (κ2) is 2.67. The molecule has 1 atom stereocenters. The average Bonchev–Trinajstić information content (AvgIpc) is 2.00.